The number of hydrogen-bond donors (Lipinski definition) is 0. The van der Waals surface area contributed by atoms with Crippen molar-refractivity contribution < 1.29 is 13.5 Å². The molecule has 0 aliphatic heterocycles. The molecule has 3 aromatic rings. The first-order valence-electron chi connectivity index (χ1n) is 9.50. The number of benzene rings is 3. The monoisotopic (exact) mass is 378 g/mol. The molecule has 0 aliphatic rings. The van der Waals surface area contributed by atoms with E-state index in [1.54, 1.807) is 36.4 Å². The molecule has 3 heteroatoms. The number of ether oxygens (including phenoxy) is 1. The smallest absolute Gasteiger partial charge is 0.134 e. The van der Waals surface area contributed by atoms with Gasteiger partial charge < -0.3 is 4.74 Å². The topological polar surface area (TPSA) is 9.23 Å². The van der Waals surface area contributed by atoms with Gasteiger partial charge in [-0.25, -0.2) is 8.78 Å². The van der Waals surface area contributed by atoms with Crippen LogP contribution in [0.4, 0.5) is 8.78 Å². The first-order chi connectivity index (χ1) is 13.6. The molecule has 0 bridgehead atoms. The second kappa shape index (κ2) is 9.32. The van der Waals surface area contributed by atoms with Gasteiger partial charge in [0, 0.05) is 17.2 Å². The van der Waals surface area contributed by atoms with Crippen molar-refractivity contribution in [3.63, 3.8) is 0 Å². The molecule has 28 heavy (non-hydrogen) atoms. The zero-order valence-corrected chi connectivity index (χ0v) is 16.2. The Morgan fingerprint density at radius 1 is 0.857 bits per heavy atom. The molecule has 0 amide bonds. The minimum Gasteiger partial charge on any atom is -0.494 e. The van der Waals surface area contributed by atoms with Gasteiger partial charge in [0.05, 0.1) is 6.61 Å². The van der Waals surface area contributed by atoms with Crippen LogP contribution in [0, 0.1) is 11.6 Å². The van der Waals surface area contributed by atoms with Crippen LogP contribution in [0.15, 0.2) is 66.7 Å². The van der Waals surface area contributed by atoms with Crippen molar-refractivity contribution in [3.05, 3.63) is 101 Å². The fraction of sp³-hybridized carbons (Fsp3) is 0.200. The van der Waals surface area contributed by atoms with Gasteiger partial charge >= 0.3 is 0 Å². The van der Waals surface area contributed by atoms with Crippen LogP contribution in [-0.2, 0) is 6.42 Å². The van der Waals surface area contributed by atoms with E-state index in [0.717, 1.165) is 12.0 Å². The van der Waals surface area contributed by atoms with Gasteiger partial charge in [-0.15, -0.1) is 0 Å². The molecule has 0 aliphatic carbocycles. The van der Waals surface area contributed by atoms with E-state index in [2.05, 4.69) is 19.1 Å². The molecule has 1 nitrogen and oxygen atoms in total. The Hall–Kier alpha value is -2.94. The molecule has 0 fully saturated rings. The van der Waals surface area contributed by atoms with Crippen LogP contribution < -0.4 is 4.74 Å². The first kappa shape index (κ1) is 19.8. The lowest BCUT2D eigenvalue weighted by atomic mass is 9.93. The summed E-state index contributed by atoms with van der Waals surface area (Å²) in [5.74, 6) is 0.0939. The van der Waals surface area contributed by atoms with E-state index in [1.807, 2.05) is 31.2 Å². The molecule has 3 rings (SSSR count). The zero-order valence-electron chi connectivity index (χ0n) is 16.2. The Morgan fingerprint density at radius 2 is 1.50 bits per heavy atom. The molecule has 3 aromatic carbocycles. The lowest BCUT2D eigenvalue weighted by Gasteiger charge is -2.12. The summed E-state index contributed by atoms with van der Waals surface area (Å²) in [6, 6.07) is 20.1. The average Bonchev–Trinajstić information content (AvgIpc) is 2.69. The van der Waals surface area contributed by atoms with Crippen molar-refractivity contribution in [2.75, 3.05) is 6.61 Å². The van der Waals surface area contributed by atoms with Gasteiger partial charge in [0.15, 0.2) is 0 Å². The van der Waals surface area contributed by atoms with Gasteiger partial charge in [-0.05, 0) is 48.6 Å². The van der Waals surface area contributed by atoms with Crippen molar-refractivity contribution >= 4 is 12.2 Å². The standard InChI is InChI=1S/C25H24F2O/c1-3-28-23-14-13-22(25(27)17-23)12-11-21-10-9-19(16-24(21)26)15-18(2)20-7-5-4-6-8-20/h4-14,16-18H,3,15H2,1-2H3/t18-/m1/s1. The largest absolute Gasteiger partial charge is 0.494 e. The van der Waals surface area contributed by atoms with Gasteiger partial charge in [-0.1, -0.05) is 61.5 Å². The SMILES string of the molecule is CCOc1ccc(C=Cc2ccc(C[C@@H](C)c3ccccc3)cc2F)c(F)c1. The number of rotatable bonds is 7. The third kappa shape index (κ3) is 5.07. The van der Waals surface area contributed by atoms with Crippen LogP contribution in [0.25, 0.3) is 12.2 Å². The van der Waals surface area contributed by atoms with Gasteiger partial charge in [0.25, 0.3) is 0 Å². The molecular formula is C25H24F2O. The van der Waals surface area contributed by atoms with Crippen LogP contribution >= 0.6 is 0 Å². The molecule has 144 valence electrons. The zero-order chi connectivity index (χ0) is 19.9. The number of halogens is 2. The fourth-order valence-electron chi connectivity index (χ4n) is 3.16. The molecule has 0 radical (unpaired) electrons. The van der Waals surface area contributed by atoms with Crippen LogP contribution in [0.3, 0.4) is 0 Å². The van der Waals surface area contributed by atoms with Gasteiger partial charge in [-0.3, -0.25) is 0 Å². The van der Waals surface area contributed by atoms with Crippen LogP contribution in [-0.4, -0.2) is 6.61 Å². The molecule has 0 heterocycles. The summed E-state index contributed by atoms with van der Waals surface area (Å²) in [4.78, 5) is 0. The third-order valence-corrected chi connectivity index (χ3v) is 4.70. The Morgan fingerprint density at radius 3 is 2.11 bits per heavy atom. The summed E-state index contributed by atoms with van der Waals surface area (Å²) in [6.07, 6.45) is 3.94. The van der Waals surface area contributed by atoms with E-state index in [4.69, 9.17) is 4.74 Å². The molecule has 0 saturated heterocycles. The summed E-state index contributed by atoms with van der Waals surface area (Å²) < 4.78 is 33.9. The highest BCUT2D eigenvalue weighted by molar-refractivity contribution is 5.70. The van der Waals surface area contributed by atoms with E-state index in [1.165, 1.54) is 11.6 Å². The Kier molecular flexibility index (Phi) is 6.59. The Labute approximate surface area is 165 Å². The van der Waals surface area contributed by atoms with E-state index in [-0.39, 0.29) is 5.82 Å². The summed E-state index contributed by atoms with van der Waals surface area (Å²) in [5.41, 5.74) is 3.00. The highest BCUT2D eigenvalue weighted by atomic mass is 19.1. The summed E-state index contributed by atoms with van der Waals surface area (Å²) in [5, 5.41) is 0. The molecule has 0 spiro atoms. The van der Waals surface area contributed by atoms with Crippen LogP contribution in [0.5, 0.6) is 5.75 Å². The first-order valence-corrected chi connectivity index (χ1v) is 9.50. The van der Waals surface area contributed by atoms with Gasteiger partial charge in [-0.2, -0.15) is 0 Å². The average molecular weight is 378 g/mol. The van der Waals surface area contributed by atoms with E-state index < -0.39 is 5.82 Å². The molecule has 0 N–H and O–H groups in total. The maximum absolute atomic E-state index is 14.5. The summed E-state index contributed by atoms with van der Waals surface area (Å²) in [7, 11) is 0. The Bertz CT molecular complexity index is 948. The predicted octanol–water partition coefficient (Wildman–Crippen LogP) is 6.88. The van der Waals surface area contributed by atoms with Crippen molar-refractivity contribution in [3.8, 4) is 5.75 Å². The third-order valence-electron chi connectivity index (χ3n) is 4.70. The molecule has 0 saturated carbocycles. The summed E-state index contributed by atoms with van der Waals surface area (Å²) >= 11 is 0. The van der Waals surface area contributed by atoms with Crippen molar-refractivity contribution in [2.45, 2.75) is 26.2 Å². The van der Waals surface area contributed by atoms with Crippen molar-refractivity contribution in [1.82, 2.24) is 0 Å². The second-order valence-corrected chi connectivity index (χ2v) is 6.82. The maximum atomic E-state index is 14.5. The highest BCUT2D eigenvalue weighted by Crippen LogP contribution is 2.23. The molecule has 0 unspecified atom stereocenters. The Balaban J connectivity index is 1.71. The minimum absolute atomic E-state index is 0.305. The molecular weight excluding hydrogens is 354 g/mol. The van der Waals surface area contributed by atoms with E-state index in [9.17, 15) is 8.78 Å². The summed E-state index contributed by atoms with van der Waals surface area (Å²) in [6.45, 7) is 4.46. The quantitative estimate of drug-likeness (QED) is 0.407. The minimum atomic E-state index is -0.393. The maximum Gasteiger partial charge on any atom is 0.134 e. The van der Waals surface area contributed by atoms with Gasteiger partial charge in [0.2, 0.25) is 0 Å². The normalized spacial score (nSPS) is 12.3. The molecule has 0 aromatic heterocycles. The van der Waals surface area contributed by atoms with E-state index >= 15 is 0 Å². The van der Waals surface area contributed by atoms with Crippen molar-refractivity contribution in [2.24, 2.45) is 0 Å². The number of hydrogen-bond acceptors (Lipinski definition) is 1. The van der Waals surface area contributed by atoms with Gasteiger partial charge in [0.1, 0.15) is 17.4 Å². The van der Waals surface area contributed by atoms with Crippen LogP contribution in [0.1, 0.15) is 42.0 Å². The lowest BCUT2D eigenvalue weighted by molar-refractivity contribution is 0.338. The van der Waals surface area contributed by atoms with E-state index in [0.29, 0.717) is 29.4 Å². The predicted molar refractivity (Wildman–Crippen MR) is 111 cm³/mol. The fourth-order valence-corrected chi connectivity index (χ4v) is 3.16. The van der Waals surface area contributed by atoms with Crippen LogP contribution in [0.2, 0.25) is 0 Å². The van der Waals surface area contributed by atoms with Crippen molar-refractivity contribution in [1.29, 1.82) is 0 Å². The highest BCUT2D eigenvalue weighted by Gasteiger charge is 2.09. The molecule has 1 atom stereocenters. The second-order valence-electron chi connectivity index (χ2n) is 6.82. The lowest BCUT2D eigenvalue weighted by Crippen LogP contribution is -1.99.